The lowest BCUT2D eigenvalue weighted by molar-refractivity contribution is -0.143. The van der Waals surface area contributed by atoms with Crippen molar-refractivity contribution in [2.24, 2.45) is 9.98 Å². The third-order valence-electron chi connectivity index (χ3n) is 6.95. The first-order chi connectivity index (χ1) is 19.0. The highest BCUT2D eigenvalue weighted by atomic mass is 19.4. The van der Waals surface area contributed by atoms with Crippen LogP contribution in [-0.4, -0.2) is 0 Å². The van der Waals surface area contributed by atoms with Crippen LogP contribution in [0.25, 0.3) is 54.2 Å². The summed E-state index contributed by atoms with van der Waals surface area (Å²) in [7, 11) is 0. The molecule has 0 saturated heterocycles. The van der Waals surface area contributed by atoms with Crippen LogP contribution in [-0.2, 0) is 12.4 Å². The Morgan fingerprint density at radius 3 is 1.48 bits per heavy atom. The summed E-state index contributed by atoms with van der Waals surface area (Å²) in [6, 6.07) is 16.8. The van der Waals surface area contributed by atoms with Crippen LogP contribution in [0.1, 0.15) is 11.1 Å². The van der Waals surface area contributed by atoms with Crippen molar-refractivity contribution in [1.82, 2.24) is 0 Å². The standard InChI is InChI=1S/C30H12F6N4/c31-29(32,33)17-7-16(8-18(10-17)30(34,35)36)15-5-6-20-23-12-25-22(11-26(23)28(40-14-38)24(20)9-15)19-3-1-2-4-21(19)27(25)39-13-37/h1-12H. The first-order valence-electron chi connectivity index (χ1n) is 11.7. The summed E-state index contributed by atoms with van der Waals surface area (Å²) in [5.41, 5.74) is -3.03. The largest absolute Gasteiger partial charge is 0.416 e. The van der Waals surface area contributed by atoms with Crippen LogP contribution in [0.15, 0.2) is 82.8 Å². The Bertz CT molecular complexity index is 2190. The molecule has 6 aromatic rings. The summed E-state index contributed by atoms with van der Waals surface area (Å²) in [5.74, 6) is 0. The van der Waals surface area contributed by atoms with E-state index in [0.29, 0.717) is 44.4 Å². The molecule has 0 bridgehead atoms. The van der Waals surface area contributed by atoms with Crippen LogP contribution < -0.4 is 10.7 Å². The molecule has 0 saturated carbocycles. The van der Waals surface area contributed by atoms with Gasteiger partial charge in [-0.25, -0.2) is 0 Å². The highest BCUT2D eigenvalue weighted by molar-refractivity contribution is 6.21. The molecule has 0 fully saturated rings. The van der Waals surface area contributed by atoms with E-state index >= 15 is 0 Å². The van der Waals surface area contributed by atoms with Crippen molar-refractivity contribution in [3.63, 3.8) is 0 Å². The predicted octanol–water partition coefficient (Wildman–Crippen LogP) is 7.64. The first kappa shape index (κ1) is 25.1. The van der Waals surface area contributed by atoms with Gasteiger partial charge in [-0.15, -0.1) is 0 Å². The van der Waals surface area contributed by atoms with E-state index in [2.05, 4.69) is 9.98 Å². The number of nitrogens with zero attached hydrogens (tertiary/aromatic N) is 4. The zero-order valence-electron chi connectivity index (χ0n) is 20.0. The number of fused-ring (bicyclic) bond motifs is 6. The zero-order valence-corrected chi connectivity index (χ0v) is 20.0. The van der Waals surface area contributed by atoms with Crippen molar-refractivity contribution in [2.45, 2.75) is 12.4 Å². The fraction of sp³-hybridized carbons (Fsp3) is 0.0667. The Morgan fingerprint density at radius 1 is 0.475 bits per heavy atom. The molecule has 0 spiro atoms. The number of halogens is 6. The minimum Gasteiger partial charge on any atom is -0.172 e. The monoisotopic (exact) mass is 542 g/mol. The summed E-state index contributed by atoms with van der Waals surface area (Å²) in [6.45, 7) is 0. The molecule has 0 N–H and O–H groups in total. The molecule has 0 aliphatic rings. The number of hydrogen-bond acceptors (Lipinski definition) is 4. The molecular formula is C30H12F6N4. The SMILES string of the molecule is N#CN=c1c2ccccc2c2cc3c(=NC#N)c4cc(-c5cc(C(F)(F)F)cc(C(F)(F)F)c5)ccc4c3cc12. The lowest BCUT2D eigenvalue weighted by Crippen LogP contribution is -2.11. The highest BCUT2D eigenvalue weighted by Gasteiger charge is 2.37. The van der Waals surface area contributed by atoms with Crippen molar-refractivity contribution in [3.8, 4) is 23.5 Å². The van der Waals surface area contributed by atoms with Crippen molar-refractivity contribution >= 4 is 43.1 Å². The molecule has 0 aliphatic carbocycles. The molecule has 0 aromatic heterocycles. The van der Waals surface area contributed by atoms with E-state index in [1.807, 2.05) is 42.6 Å². The molecule has 0 aliphatic heterocycles. The zero-order chi connectivity index (χ0) is 28.4. The van der Waals surface area contributed by atoms with Crippen molar-refractivity contribution in [1.29, 1.82) is 10.5 Å². The van der Waals surface area contributed by atoms with E-state index in [1.165, 1.54) is 12.1 Å². The van der Waals surface area contributed by atoms with Crippen LogP contribution in [0.3, 0.4) is 0 Å². The molecule has 0 atom stereocenters. The summed E-state index contributed by atoms with van der Waals surface area (Å²) >= 11 is 0. The van der Waals surface area contributed by atoms with Gasteiger partial charge in [-0.2, -0.15) is 46.9 Å². The smallest absolute Gasteiger partial charge is 0.172 e. The van der Waals surface area contributed by atoms with E-state index in [0.717, 1.165) is 16.2 Å². The van der Waals surface area contributed by atoms with Crippen molar-refractivity contribution in [2.75, 3.05) is 0 Å². The molecule has 0 amide bonds. The number of benzene rings is 4. The normalized spacial score (nSPS) is 13.5. The van der Waals surface area contributed by atoms with Gasteiger partial charge in [0.2, 0.25) is 12.4 Å². The first-order valence-corrected chi connectivity index (χ1v) is 11.7. The van der Waals surface area contributed by atoms with Crippen LogP contribution in [0.4, 0.5) is 26.3 Å². The molecule has 6 rings (SSSR count). The third-order valence-corrected chi connectivity index (χ3v) is 6.95. The second kappa shape index (κ2) is 8.65. The minimum atomic E-state index is -4.99. The van der Waals surface area contributed by atoms with Gasteiger partial charge in [0.25, 0.3) is 0 Å². The lowest BCUT2D eigenvalue weighted by atomic mass is 9.97. The van der Waals surface area contributed by atoms with Crippen molar-refractivity contribution in [3.05, 3.63) is 94.6 Å². The maximum absolute atomic E-state index is 13.5. The van der Waals surface area contributed by atoms with E-state index < -0.39 is 23.5 Å². The van der Waals surface area contributed by atoms with Gasteiger partial charge in [-0.3, -0.25) is 0 Å². The van der Waals surface area contributed by atoms with E-state index in [4.69, 9.17) is 0 Å². The molecule has 4 nitrogen and oxygen atoms in total. The second-order valence-corrected chi connectivity index (χ2v) is 9.16. The summed E-state index contributed by atoms with van der Waals surface area (Å²) in [4.78, 5) is 7.98. The number of hydrogen-bond donors (Lipinski definition) is 0. The van der Waals surface area contributed by atoms with Gasteiger partial charge >= 0.3 is 12.4 Å². The van der Waals surface area contributed by atoms with Gasteiger partial charge in [0.1, 0.15) is 0 Å². The summed E-state index contributed by atoms with van der Waals surface area (Å²) in [5, 5.41) is 24.7. The van der Waals surface area contributed by atoms with Gasteiger partial charge in [0, 0.05) is 21.5 Å². The molecule has 40 heavy (non-hydrogen) atoms. The second-order valence-electron chi connectivity index (χ2n) is 9.16. The quantitative estimate of drug-likeness (QED) is 0.158. The lowest BCUT2D eigenvalue weighted by Gasteiger charge is -2.14. The topological polar surface area (TPSA) is 72.3 Å². The van der Waals surface area contributed by atoms with E-state index in [1.54, 1.807) is 12.3 Å². The van der Waals surface area contributed by atoms with Gasteiger partial charge in [0.15, 0.2) is 0 Å². The maximum Gasteiger partial charge on any atom is 0.416 e. The summed E-state index contributed by atoms with van der Waals surface area (Å²) < 4.78 is 80.8. The Morgan fingerprint density at radius 2 is 0.950 bits per heavy atom. The van der Waals surface area contributed by atoms with Gasteiger partial charge in [0.05, 0.1) is 21.8 Å². The van der Waals surface area contributed by atoms with Crippen LogP contribution in [0, 0.1) is 22.9 Å². The van der Waals surface area contributed by atoms with Crippen LogP contribution >= 0.6 is 0 Å². The molecule has 10 heteroatoms. The Labute approximate surface area is 220 Å². The third kappa shape index (κ3) is 3.85. The Balaban J connectivity index is 1.70. The molecule has 0 unspecified atom stereocenters. The summed E-state index contributed by atoms with van der Waals surface area (Å²) in [6.07, 6.45) is -6.41. The van der Waals surface area contributed by atoms with Gasteiger partial charge in [-0.1, -0.05) is 36.4 Å². The molecular weight excluding hydrogens is 530 g/mol. The van der Waals surface area contributed by atoms with E-state index in [9.17, 15) is 36.9 Å². The van der Waals surface area contributed by atoms with Gasteiger partial charge < -0.3 is 0 Å². The molecule has 6 aromatic carbocycles. The Kier molecular flexibility index (Phi) is 5.42. The van der Waals surface area contributed by atoms with Crippen molar-refractivity contribution < 1.29 is 26.3 Å². The molecule has 194 valence electrons. The van der Waals surface area contributed by atoms with Crippen LogP contribution in [0.2, 0.25) is 0 Å². The Hall–Kier alpha value is -5.22. The van der Waals surface area contributed by atoms with Crippen LogP contribution in [0.5, 0.6) is 0 Å². The highest BCUT2D eigenvalue weighted by Crippen LogP contribution is 2.40. The fourth-order valence-corrected chi connectivity index (χ4v) is 5.27. The number of nitriles is 2. The average Bonchev–Trinajstić information content (AvgIpc) is 3.38. The number of rotatable bonds is 1. The maximum atomic E-state index is 13.5. The molecule has 0 heterocycles. The molecule has 0 radical (unpaired) electrons. The average molecular weight is 542 g/mol. The minimum absolute atomic E-state index is 0.0784. The predicted molar refractivity (Wildman–Crippen MR) is 137 cm³/mol. The van der Waals surface area contributed by atoms with Gasteiger partial charge in [-0.05, 0) is 69.1 Å². The fourth-order valence-electron chi connectivity index (χ4n) is 5.27. The van der Waals surface area contributed by atoms with E-state index in [-0.39, 0.29) is 22.6 Å². The number of alkyl halides is 6.